The number of rotatable bonds is 3. The highest BCUT2D eigenvalue weighted by atomic mass is 16.5. The van der Waals surface area contributed by atoms with E-state index in [1.165, 1.54) is 7.11 Å². The number of methoxy groups -OCH3 is 1. The number of hydrogen-bond acceptors (Lipinski definition) is 4. The lowest BCUT2D eigenvalue weighted by Gasteiger charge is -2.23. The molecule has 1 heterocycles. The van der Waals surface area contributed by atoms with Crippen molar-refractivity contribution in [3.8, 4) is 17.6 Å². The maximum absolute atomic E-state index is 12.3. The monoisotopic (exact) mass is 289 g/mol. The molecule has 1 unspecified atom stereocenters. The van der Waals surface area contributed by atoms with Crippen LogP contribution in [-0.2, 0) is 4.74 Å². The molecular formula is C16H19NO4. The van der Waals surface area contributed by atoms with Gasteiger partial charge < -0.3 is 19.9 Å². The van der Waals surface area contributed by atoms with Crippen LogP contribution in [0, 0.1) is 11.8 Å². The van der Waals surface area contributed by atoms with Crippen LogP contribution in [-0.4, -0.2) is 43.5 Å². The summed E-state index contributed by atoms with van der Waals surface area (Å²) in [6.07, 6.45) is 0.798. The Morgan fingerprint density at radius 1 is 1.57 bits per heavy atom. The number of benzene rings is 1. The van der Waals surface area contributed by atoms with E-state index in [9.17, 15) is 4.79 Å². The van der Waals surface area contributed by atoms with Crippen molar-refractivity contribution in [2.24, 2.45) is 0 Å². The first-order chi connectivity index (χ1) is 10.1. The highest BCUT2D eigenvalue weighted by Crippen LogP contribution is 2.21. The quantitative estimate of drug-likeness (QED) is 0.813. The second-order valence-corrected chi connectivity index (χ2v) is 5.19. The van der Waals surface area contributed by atoms with Gasteiger partial charge in [-0.1, -0.05) is 11.8 Å². The van der Waals surface area contributed by atoms with E-state index in [0.717, 1.165) is 6.42 Å². The van der Waals surface area contributed by atoms with Gasteiger partial charge in [-0.25, -0.2) is 0 Å². The molecule has 21 heavy (non-hydrogen) atoms. The first-order valence-corrected chi connectivity index (χ1v) is 6.76. The molecule has 1 aromatic carbocycles. The minimum atomic E-state index is -0.325. The van der Waals surface area contributed by atoms with E-state index in [2.05, 4.69) is 17.2 Å². The van der Waals surface area contributed by atoms with E-state index in [4.69, 9.17) is 14.6 Å². The molecule has 5 heteroatoms. The smallest absolute Gasteiger partial charge is 0.251 e. The molecule has 0 aliphatic carbocycles. The third kappa shape index (κ3) is 3.75. The molecule has 2 N–H and O–H groups in total. The molecular weight excluding hydrogens is 270 g/mol. The lowest BCUT2D eigenvalue weighted by molar-refractivity contribution is 0.0890. The Hall–Kier alpha value is -2.03. The number of aliphatic hydroxyl groups is 1. The number of ether oxygens (including phenoxy) is 2. The summed E-state index contributed by atoms with van der Waals surface area (Å²) in [7, 11) is 1.54. The highest BCUT2D eigenvalue weighted by Gasteiger charge is 2.31. The van der Waals surface area contributed by atoms with Gasteiger partial charge in [0.2, 0.25) is 0 Å². The topological polar surface area (TPSA) is 67.8 Å². The number of nitrogens with one attached hydrogen (secondary N) is 1. The number of hydrogen-bond donors (Lipinski definition) is 2. The second kappa shape index (κ2) is 6.61. The van der Waals surface area contributed by atoms with Crippen LogP contribution in [0.15, 0.2) is 18.2 Å². The molecule has 112 valence electrons. The average Bonchev–Trinajstić information content (AvgIpc) is 2.91. The Labute approximate surface area is 124 Å². The highest BCUT2D eigenvalue weighted by molar-refractivity contribution is 5.95. The number of carbonyl (C=O) groups excluding carboxylic acids is 1. The first-order valence-electron chi connectivity index (χ1n) is 6.76. The van der Waals surface area contributed by atoms with Gasteiger partial charge in [-0.05, 0) is 31.5 Å². The van der Waals surface area contributed by atoms with Gasteiger partial charge in [0, 0.05) is 12.2 Å². The Morgan fingerprint density at radius 2 is 2.38 bits per heavy atom. The van der Waals surface area contributed by atoms with Gasteiger partial charge in [0.25, 0.3) is 5.91 Å². The molecule has 1 atom stereocenters. The van der Waals surface area contributed by atoms with E-state index >= 15 is 0 Å². The zero-order valence-electron chi connectivity index (χ0n) is 12.2. The van der Waals surface area contributed by atoms with Gasteiger partial charge in [0.05, 0.1) is 24.8 Å². The minimum absolute atomic E-state index is 0.169. The van der Waals surface area contributed by atoms with Crippen molar-refractivity contribution in [3.05, 3.63) is 29.3 Å². The van der Waals surface area contributed by atoms with Crippen molar-refractivity contribution in [1.29, 1.82) is 0 Å². The van der Waals surface area contributed by atoms with Crippen LogP contribution in [0.5, 0.6) is 5.75 Å². The summed E-state index contributed by atoms with van der Waals surface area (Å²) in [5.41, 5.74) is 0.756. The molecule has 1 fully saturated rings. The molecule has 0 bridgehead atoms. The van der Waals surface area contributed by atoms with E-state index in [0.29, 0.717) is 30.1 Å². The third-order valence-electron chi connectivity index (χ3n) is 3.40. The van der Waals surface area contributed by atoms with Gasteiger partial charge in [0.15, 0.2) is 0 Å². The first kappa shape index (κ1) is 15.4. The van der Waals surface area contributed by atoms with Crippen molar-refractivity contribution in [1.82, 2.24) is 5.32 Å². The summed E-state index contributed by atoms with van der Waals surface area (Å²) in [5.74, 6) is 5.75. The van der Waals surface area contributed by atoms with Gasteiger partial charge in [0.1, 0.15) is 12.4 Å². The molecule has 0 spiro atoms. The van der Waals surface area contributed by atoms with Crippen LogP contribution < -0.4 is 10.1 Å². The minimum Gasteiger partial charge on any atom is -0.495 e. The zero-order chi connectivity index (χ0) is 15.3. The molecule has 0 aromatic heterocycles. The number of aliphatic hydroxyl groups excluding tert-OH is 1. The van der Waals surface area contributed by atoms with E-state index in [-0.39, 0.29) is 18.1 Å². The maximum atomic E-state index is 12.3. The van der Waals surface area contributed by atoms with Gasteiger partial charge in [-0.2, -0.15) is 0 Å². The van der Waals surface area contributed by atoms with Crippen LogP contribution in [0.1, 0.15) is 29.3 Å². The van der Waals surface area contributed by atoms with Crippen molar-refractivity contribution in [3.63, 3.8) is 0 Å². The van der Waals surface area contributed by atoms with E-state index in [1.54, 1.807) is 18.2 Å². The van der Waals surface area contributed by atoms with Crippen LogP contribution in [0.4, 0.5) is 0 Å². The summed E-state index contributed by atoms with van der Waals surface area (Å²) >= 11 is 0. The molecule has 2 rings (SSSR count). The van der Waals surface area contributed by atoms with Crippen LogP contribution in [0.3, 0.4) is 0 Å². The van der Waals surface area contributed by atoms with Crippen molar-refractivity contribution in [2.45, 2.75) is 18.9 Å². The summed E-state index contributed by atoms with van der Waals surface area (Å²) in [6.45, 7) is 2.90. The van der Waals surface area contributed by atoms with Crippen molar-refractivity contribution in [2.75, 3.05) is 26.9 Å². The molecule has 1 aromatic rings. The molecule has 0 saturated carbocycles. The normalized spacial score (nSPS) is 20.5. The SMILES string of the molecule is COc1ccc(C(=O)NC2(C)CCOC2)cc1C#CCO. The lowest BCUT2D eigenvalue weighted by Crippen LogP contribution is -2.46. The average molecular weight is 289 g/mol. The second-order valence-electron chi connectivity index (χ2n) is 5.19. The predicted octanol–water partition coefficient (Wildman–Crippen LogP) is 0.948. The van der Waals surface area contributed by atoms with Gasteiger partial charge in [-0.15, -0.1) is 0 Å². The van der Waals surface area contributed by atoms with E-state index in [1.807, 2.05) is 6.92 Å². The molecule has 5 nitrogen and oxygen atoms in total. The Morgan fingerprint density at radius 3 is 3.00 bits per heavy atom. The van der Waals surface area contributed by atoms with Gasteiger partial charge in [-0.3, -0.25) is 4.79 Å². The van der Waals surface area contributed by atoms with Crippen molar-refractivity contribution >= 4 is 5.91 Å². The number of carbonyl (C=O) groups is 1. The predicted molar refractivity (Wildman–Crippen MR) is 78.3 cm³/mol. The van der Waals surface area contributed by atoms with Crippen LogP contribution in [0.25, 0.3) is 0 Å². The van der Waals surface area contributed by atoms with Crippen LogP contribution in [0.2, 0.25) is 0 Å². The summed E-state index contributed by atoms with van der Waals surface area (Å²) in [4.78, 5) is 12.3. The van der Waals surface area contributed by atoms with Crippen LogP contribution >= 0.6 is 0 Å². The summed E-state index contributed by atoms with van der Waals surface area (Å²) in [5, 5.41) is 11.8. The van der Waals surface area contributed by atoms with Crippen molar-refractivity contribution < 1.29 is 19.4 Å². The fourth-order valence-corrected chi connectivity index (χ4v) is 2.19. The maximum Gasteiger partial charge on any atom is 0.251 e. The van der Waals surface area contributed by atoms with E-state index < -0.39 is 0 Å². The Kier molecular flexibility index (Phi) is 4.84. The molecule has 0 radical (unpaired) electrons. The summed E-state index contributed by atoms with van der Waals surface area (Å²) < 4.78 is 10.5. The standard InChI is InChI=1S/C16H19NO4/c1-16(7-9-21-11-16)17-15(19)13-5-6-14(20-2)12(10-13)4-3-8-18/h5-6,10,18H,7-9,11H2,1-2H3,(H,17,19). The summed E-state index contributed by atoms with van der Waals surface area (Å²) in [6, 6.07) is 5.05. The number of amides is 1. The fraction of sp³-hybridized carbons (Fsp3) is 0.438. The van der Waals surface area contributed by atoms with Gasteiger partial charge >= 0.3 is 0 Å². The Balaban J connectivity index is 2.21. The molecule has 1 aliphatic heterocycles. The molecule has 1 aliphatic rings. The largest absolute Gasteiger partial charge is 0.495 e. The lowest BCUT2D eigenvalue weighted by atomic mass is 10.0. The fourth-order valence-electron chi connectivity index (χ4n) is 2.19. The molecule has 1 saturated heterocycles. The third-order valence-corrected chi connectivity index (χ3v) is 3.40. The Bertz CT molecular complexity index is 580. The zero-order valence-corrected chi connectivity index (χ0v) is 12.2. The molecule has 1 amide bonds.